The summed E-state index contributed by atoms with van der Waals surface area (Å²) in [6.45, 7) is 0. The van der Waals surface area contributed by atoms with Gasteiger partial charge in [0.15, 0.2) is 11.8 Å². The molecule has 0 saturated carbocycles. The average Bonchev–Trinajstić information content (AvgIpc) is 2.47. The van der Waals surface area contributed by atoms with Gasteiger partial charge in [-0.25, -0.2) is 9.98 Å². The zero-order valence-electron chi connectivity index (χ0n) is 6.80. The number of fused-ring (bicyclic) bond motifs is 1. The van der Waals surface area contributed by atoms with E-state index in [2.05, 4.69) is 20.3 Å². The van der Waals surface area contributed by atoms with Crippen LogP contribution in [0.4, 0.5) is 5.82 Å². The van der Waals surface area contributed by atoms with E-state index in [1.807, 2.05) is 0 Å². The maximum Gasteiger partial charge on any atom is 0.294 e. The van der Waals surface area contributed by atoms with Gasteiger partial charge in [0.1, 0.15) is 5.69 Å². The number of nitrogens with zero attached hydrogens (tertiary/aromatic N) is 2. The number of aliphatic imine (C=N–C) groups is 1. The monoisotopic (exact) mass is 217 g/mol. The second-order valence-corrected chi connectivity index (χ2v) is 4.15. The minimum absolute atomic E-state index is 0.104. The summed E-state index contributed by atoms with van der Waals surface area (Å²) in [5, 5.41) is 1.12. The van der Waals surface area contributed by atoms with Crippen molar-refractivity contribution in [1.82, 2.24) is 9.97 Å². The molecule has 1 unspecified atom stereocenters. The number of guanidine groups is 1. The summed E-state index contributed by atoms with van der Waals surface area (Å²) in [7, 11) is -4.32. The first-order valence-corrected chi connectivity index (χ1v) is 5.08. The van der Waals surface area contributed by atoms with Crippen molar-refractivity contribution in [2.24, 2.45) is 10.7 Å². The normalized spacial score (nSPS) is 20.9. The van der Waals surface area contributed by atoms with Crippen molar-refractivity contribution in [2.75, 3.05) is 5.32 Å². The standard InChI is InChI=1S/C5H7N5O3S/c6-5-9-3-2(7-1-8-3)4(10-5)14(11,12)13/h1,4H,(H,7,8)(H3,6,9,10)(H,11,12,13). The van der Waals surface area contributed by atoms with E-state index in [4.69, 9.17) is 10.3 Å². The molecule has 0 radical (unpaired) electrons. The van der Waals surface area contributed by atoms with E-state index in [-0.39, 0.29) is 17.5 Å². The summed E-state index contributed by atoms with van der Waals surface area (Å²) in [6.07, 6.45) is 1.28. The SMILES string of the molecule is NC1=NC(S(=O)(=O)O)c2[nH]cnc2N1. The Morgan fingerprint density at radius 1 is 1.57 bits per heavy atom. The molecule has 0 bridgehead atoms. The van der Waals surface area contributed by atoms with E-state index in [1.165, 1.54) is 6.33 Å². The van der Waals surface area contributed by atoms with Gasteiger partial charge in [0, 0.05) is 0 Å². The van der Waals surface area contributed by atoms with Gasteiger partial charge < -0.3 is 16.0 Å². The van der Waals surface area contributed by atoms with Gasteiger partial charge in [-0.2, -0.15) is 8.42 Å². The molecule has 5 N–H and O–H groups in total. The van der Waals surface area contributed by atoms with Crippen LogP contribution < -0.4 is 11.1 Å². The van der Waals surface area contributed by atoms with Crippen molar-refractivity contribution in [3.8, 4) is 0 Å². The lowest BCUT2D eigenvalue weighted by Crippen LogP contribution is -2.30. The molecule has 0 saturated heterocycles. The van der Waals surface area contributed by atoms with Gasteiger partial charge >= 0.3 is 0 Å². The number of H-pyrrole nitrogens is 1. The van der Waals surface area contributed by atoms with E-state index >= 15 is 0 Å². The van der Waals surface area contributed by atoms with Gasteiger partial charge in [-0.3, -0.25) is 4.55 Å². The molecule has 0 spiro atoms. The zero-order chi connectivity index (χ0) is 10.3. The van der Waals surface area contributed by atoms with Crippen molar-refractivity contribution >= 4 is 21.9 Å². The number of hydrogen-bond acceptors (Lipinski definition) is 6. The Bertz CT molecular complexity index is 489. The van der Waals surface area contributed by atoms with Crippen molar-refractivity contribution in [2.45, 2.75) is 5.37 Å². The first-order chi connectivity index (χ1) is 6.48. The van der Waals surface area contributed by atoms with Crippen molar-refractivity contribution in [3.05, 3.63) is 12.0 Å². The molecule has 2 heterocycles. The van der Waals surface area contributed by atoms with E-state index in [1.54, 1.807) is 0 Å². The predicted octanol–water partition coefficient (Wildman–Crippen LogP) is -0.964. The summed E-state index contributed by atoms with van der Waals surface area (Å²) < 4.78 is 30.7. The van der Waals surface area contributed by atoms with Crippen LogP contribution in [-0.4, -0.2) is 28.9 Å². The Balaban J connectivity index is 2.57. The van der Waals surface area contributed by atoms with Gasteiger partial charge in [-0.05, 0) is 0 Å². The summed E-state index contributed by atoms with van der Waals surface area (Å²) in [4.78, 5) is 9.87. The van der Waals surface area contributed by atoms with Crippen LogP contribution in [0.25, 0.3) is 0 Å². The lowest BCUT2D eigenvalue weighted by molar-refractivity contribution is 0.469. The Morgan fingerprint density at radius 3 is 2.93 bits per heavy atom. The fourth-order valence-electron chi connectivity index (χ4n) is 1.15. The van der Waals surface area contributed by atoms with E-state index in [9.17, 15) is 8.42 Å². The highest BCUT2D eigenvalue weighted by molar-refractivity contribution is 7.86. The van der Waals surface area contributed by atoms with Crippen LogP contribution in [0.15, 0.2) is 11.3 Å². The zero-order valence-corrected chi connectivity index (χ0v) is 7.61. The first kappa shape index (κ1) is 8.97. The number of nitrogens with one attached hydrogen (secondary N) is 2. The highest BCUT2D eigenvalue weighted by Gasteiger charge is 2.32. The summed E-state index contributed by atoms with van der Waals surface area (Å²) in [5.74, 6) is 0.146. The second-order valence-electron chi connectivity index (χ2n) is 2.67. The molecule has 8 nitrogen and oxygen atoms in total. The van der Waals surface area contributed by atoms with E-state index in [0.29, 0.717) is 0 Å². The number of aromatic amines is 1. The lowest BCUT2D eigenvalue weighted by Gasteiger charge is -2.16. The molecule has 0 amide bonds. The molecule has 0 fully saturated rings. The molecule has 1 aromatic rings. The van der Waals surface area contributed by atoms with Crippen LogP contribution in [0, 0.1) is 0 Å². The fourth-order valence-corrected chi connectivity index (χ4v) is 1.88. The molecule has 0 aromatic carbocycles. The van der Waals surface area contributed by atoms with Crippen LogP contribution in [-0.2, 0) is 10.1 Å². The van der Waals surface area contributed by atoms with E-state index in [0.717, 1.165) is 0 Å². The number of hydrogen-bond donors (Lipinski definition) is 4. The third-order valence-electron chi connectivity index (χ3n) is 1.70. The number of anilines is 1. The molecule has 14 heavy (non-hydrogen) atoms. The molecule has 76 valence electrons. The highest BCUT2D eigenvalue weighted by Crippen LogP contribution is 2.29. The van der Waals surface area contributed by atoms with Crippen molar-refractivity contribution in [1.29, 1.82) is 0 Å². The quantitative estimate of drug-likeness (QED) is 0.447. The van der Waals surface area contributed by atoms with Gasteiger partial charge in [0.2, 0.25) is 5.37 Å². The van der Waals surface area contributed by atoms with Crippen LogP contribution in [0.2, 0.25) is 0 Å². The van der Waals surface area contributed by atoms with Crippen molar-refractivity contribution < 1.29 is 13.0 Å². The maximum atomic E-state index is 10.9. The van der Waals surface area contributed by atoms with Gasteiger partial charge in [0.25, 0.3) is 10.1 Å². The van der Waals surface area contributed by atoms with Gasteiger partial charge in [-0.15, -0.1) is 0 Å². The largest absolute Gasteiger partial charge is 0.370 e. The molecule has 1 aliphatic rings. The van der Waals surface area contributed by atoms with Gasteiger partial charge in [0.05, 0.1) is 6.33 Å². The molecule has 2 rings (SSSR count). The minimum atomic E-state index is -4.32. The Hall–Kier alpha value is -1.61. The van der Waals surface area contributed by atoms with Crippen LogP contribution >= 0.6 is 0 Å². The first-order valence-electron chi connectivity index (χ1n) is 3.58. The number of imidazole rings is 1. The van der Waals surface area contributed by atoms with Gasteiger partial charge in [-0.1, -0.05) is 0 Å². The van der Waals surface area contributed by atoms with Crippen LogP contribution in [0.3, 0.4) is 0 Å². The number of nitrogens with two attached hydrogens (primary N) is 1. The highest BCUT2D eigenvalue weighted by atomic mass is 32.2. The summed E-state index contributed by atoms with van der Waals surface area (Å²) in [6, 6.07) is 0. The topological polar surface area (TPSA) is 133 Å². The smallest absolute Gasteiger partial charge is 0.294 e. The number of rotatable bonds is 1. The minimum Gasteiger partial charge on any atom is -0.370 e. The predicted molar refractivity (Wildman–Crippen MR) is 48.1 cm³/mol. The van der Waals surface area contributed by atoms with Crippen molar-refractivity contribution in [3.63, 3.8) is 0 Å². The Labute approximate surface area is 79.0 Å². The third kappa shape index (κ3) is 1.32. The van der Waals surface area contributed by atoms with Crippen LogP contribution in [0.5, 0.6) is 0 Å². The number of aromatic nitrogens is 2. The van der Waals surface area contributed by atoms with E-state index < -0.39 is 15.5 Å². The molecule has 1 aromatic heterocycles. The Kier molecular flexibility index (Phi) is 1.72. The second kappa shape index (κ2) is 2.69. The molecule has 1 atom stereocenters. The average molecular weight is 217 g/mol. The summed E-state index contributed by atoms with van der Waals surface area (Å²) in [5.41, 5.74) is 5.47. The lowest BCUT2D eigenvalue weighted by atomic mass is 10.4. The molecule has 1 aliphatic heterocycles. The Morgan fingerprint density at radius 2 is 2.29 bits per heavy atom. The summed E-state index contributed by atoms with van der Waals surface area (Å²) >= 11 is 0. The maximum absolute atomic E-state index is 10.9. The molecular formula is C5H7N5O3S. The molecule has 9 heteroatoms. The third-order valence-corrected chi connectivity index (χ3v) is 2.61. The fraction of sp³-hybridized carbons (Fsp3) is 0.200. The molecular weight excluding hydrogens is 210 g/mol. The molecule has 0 aliphatic carbocycles. The van der Waals surface area contributed by atoms with Crippen LogP contribution in [0.1, 0.15) is 11.1 Å².